The van der Waals surface area contributed by atoms with E-state index in [2.05, 4.69) is 60.2 Å². The van der Waals surface area contributed by atoms with Gasteiger partial charge >= 0.3 is 0 Å². The average molecular weight is 403 g/mol. The standard InChI is InChI=1S/C23H38N4O2/c1-4-24-23(27-12-10-21(11-13-27)29-5-2)25-18-22(26-14-16-28-17-15-26)20-8-6-19(3)7-9-20/h6-9,21-22H,4-5,10-18H2,1-3H3,(H,24,25). The second-order valence-electron chi connectivity index (χ2n) is 7.91. The molecule has 2 aliphatic rings. The first-order valence-corrected chi connectivity index (χ1v) is 11.2. The van der Waals surface area contributed by atoms with Gasteiger partial charge in [-0.2, -0.15) is 0 Å². The monoisotopic (exact) mass is 402 g/mol. The Morgan fingerprint density at radius 1 is 1.14 bits per heavy atom. The minimum atomic E-state index is 0.286. The number of benzene rings is 1. The van der Waals surface area contributed by atoms with Crippen molar-refractivity contribution in [3.63, 3.8) is 0 Å². The van der Waals surface area contributed by atoms with E-state index in [1.54, 1.807) is 0 Å². The van der Waals surface area contributed by atoms with Crippen LogP contribution in [0.3, 0.4) is 0 Å². The van der Waals surface area contributed by atoms with Crippen LogP contribution in [0.2, 0.25) is 0 Å². The zero-order chi connectivity index (χ0) is 20.5. The molecule has 0 bridgehead atoms. The summed E-state index contributed by atoms with van der Waals surface area (Å²) in [5.41, 5.74) is 2.63. The molecule has 3 rings (SSSR count). The Kier molecular flexibility index (Phi) is 8.77. The number of morpholine rings is 1. The summed E-state index contributed by atoms with van der Waals surface area (Å²) >= 11 is 0. The van der Waals surface area contributed by atoms with Crippen LogP contribution in [0.4, 0.5) is 0 Å². The topological polar surface area (TPSA) is 49.3 Å². The predicted molar refractivity (Wildman–Crippen MR) is 119 cm³/mol. The van der Waals surface area contributed by atoms with E-state index in [9.17, 15) is 0 Å². The van der Waals surface area contributed by atoms with E-state index in [-0.39, 0.29) is 6.04 Å². The van der Waals surface area contributed by atoms with Crippen LogP contribution >= 0.6 is 0 Å². The van der Waals surface area contributed by atoms with Crippen molar-refractivity contribution in [2.75, 3.05) is 59.1 Å². The van der Waals surface area contributed by atoms with Gasteiger partial charge in [0.15, 0.2) is 5.96 Å². The van der Waals surface area contributed by atoms with Crippen LogP contribution in [0, 0.1) is 6.92 Å². The van der Waals surface area contributed by atoms with Crippen molar-refractivity contribution in [1.29, 1.82) is 0 Å². The van der Waals surface area contributed by atoms with Gasteiger partial charge in [-0.3, -0.25) is 9.89 Å². The number of hydrogen-bond acceptors (Lipinski definition) is 4. The van der Waals surface area contributed by atoms with Crippen molar-refractivity contribution in [2.45, 2.75) is 45.8 Å². The Labute approximate surface area is 176 Å². The summed E-state index contributed by atoms with van der Waals surface area (Å²) in [5.74, 6) is 1.04. The van der Waals surface area contributed by atoms with E-state index in [0.717, 1.165) is 77.9 Å². The molecule has 0 spiro atoms. The Morgan fingerprint density at radius 2 is 1.83 bits per heavy atom. The summed E-state index contributed by atoms with van der Waals surface area (Å²) in [6, 6.07) is 9.21. The molecule has 1 aromatic rings. The molecule has 2 saturated heterocycles. The summed E-state index contributed by atoms with van der Waals surface area (Å²) in [4.78, 5) is 10.0. The summed E-state index contributed by atoms with van der Waals surface area (Å²) in [6.07, 6.45) is 2.54. The van der Waals surface area contributed by atoms with Gasteiger partial charge in [-0.15, -0.1) is 0 Å². The van der Waals surface area contributed by atoms with Crippen molar-refractivity contribution in [3.05, 3.63) is 35.4 Å². The van der Waals surface area contributed by atoms with Crippen molar-refractivity contribution < 1.29 is 9.47 Å². The highest BCUT2D eigenvalue weighted by molar-refractivity contribution is 5.80. The molecule has 0 aliphatic carbocycles. The molecule has 0 radical (unpaired) electrons. The van der Waals surface area contributed by atoms with Gasteiger partial charge < -0.3 is 19.7 Å². The molecule has 1 atom stereocenters. The molecule has 0 aromatic heterocycles. The predicted octanol–water partition coefficient (Wildman–Crippen LogP) is 2.83. The first-order chi connectivity index (χ1) is 14.2. The lowest BCUT2D eigenvalue weighted by Gasteiger charge is -2.36. The van der Waals surface area contributed by atoms with Crippen LogP contribution < -0.4 is 5.32 Å². The van der Waals surface area contributed by atoms with Gasteiger partial charge in [0.05, 0.1) is 31.9 Å². The molecular formula is C23H38N4O2. The molecule has 162 valence electrons. The Bertz CT molecular complexity index is 620. The third-order valence-electron chi connectivity index (χ3n) is 5.84. The van der Waals surface area contributed by atoms with Gasteiger partial charge in [-0.25, -0.2) is 0 Å². The van der Waals surface area contributed by atoms with Crippen molar-refractivity contribution >= 4 is 5.96 Å². The second kappa shape index (κ2) is 11.5. The first-order valence-electron chi connectivity index (χ1n) is 11.2. The van der Waals surface area contributed by atoms with Gasteiger partial charge in [0.25, 0.3) is 0 Å². The van der Waals surface area contributed by atoms with Gasteiger partial charge in [-0.1, -0.05) is 29.8 Å². The number of hydrogen-bond donors (Lipinski definition) is 1. The minimum absolute atomic E-state index is 0.286. The molecule has 2 fully saturated rings. The fourth-order valence-corrected chi connectivity index (χ4v) is 4.18. The maximum Gasteiger partial charge on any atom is 0.193 e. The zero-order valence-electron chi connectivity index (χ0n) is 18.4. The van der Waals surface area contributed by atoms with Crippen LogP contribution in [0.25, 0.3) is 0 Å². The van der Waals surface area contributed by atoms with Gasteiger partial charge in [-0.05, 0) is 39.2 Å². The Balaban J connectivity index is 1.71. The fraction of sp³-hybridized carbons (Fsp3) is 0.696. The summed E-state index contributed by atoms with van der Waals surface area (Å²) in [5, 5.41) is 3.51. The third kappa shape index (κ3) is 6.43. The SMILES string of the molecule is CCNC(=NCC(c1ccc(C)cc1)N1CCOCC1)N1CCC(OCC)CC1. The van der Waals surface area contributed by atoms with E-state index >= 15 is 0 Å². The molecule has 6 nitrogen and oxygen atoms in total. The van der Waals surface area contributed by atoms with E-state index in [4.69, 9.17) is 14.5 Å². The molecule has 1 unspecified atom stereocenters. The van der Waals surface area contributed by atoms with Crippen molar-refractivity contribution in [3.8, 4) is 0 Å². The number of nitrogens with zero attached hydrogens (tertiary/aromatic N) is 3. The molecule has 2 aliphatic heterocycles. The highest BCUT2D eigenvalue weighted by Gasteiger charge is 2.25. The molecular weight excluding hydrogens is 364 g/mol. The average Bonchev–Trinajstić information content (AvgIpc) is 2.76. The Morgan fingerprint density at radius 3 is 2.45 bits per heavy atom. The maximum absolute atomic E-state index is 5.81. The molecule has 0 amide bonds. The van der Waals surface area contributed by atoms with E-state index in [0.29, 0.717) is 6.10 Å². The van der Waals surface area contributed by atoms with E-state index in [1.807, 2.05) is 0 Å². The normalized spacial score (nSPS) is 20.7. The highest BCUT2D eigenvalue weighted by Crippen LogP contribution is 2.23. The minimum Gasteiger partial charge on any atom is -0.379 e. The van der Waals surface area contributed by atoms with Crippen LogP contribution in [-0.2, 0) is 9.47 Å². The number of guanidine groups is 1. The lowest BCUT2D eigenvalue weighted by atomic mass is 10.0. The van der Waals surface area contributed by atoms with E-state index in [1.165, 1.54) is 11.1 Å². The maximum atomic E-state index is 5.81. The van der Waals surface area contributed by atoms with Crippen molar-refractivity contribution in [2.24, 2.45) is 4.99 Å². The molecule has 1 N–H and O–H groups in total. The Hall–Kier alpha value is -1.63. The summed E-state index contributed by atoms with van der Waals surface area (Å²) in [7, 11) is 0. The number of nitrogens with one attached hydrogen (secondary N) is 1. The summed E-state index contributed by atoms with van der Waals surface area (Å²) in [6.45, 7) is 14.3. The number of rotatable bonds is 7. The lowest BCUT2D eigenvalue weighted by Crippen LogP contribution is -2.47. The smallest absolute Gasteiger partial charge is 0.193 e. The lowest BCUT2D eigenvalue weighted by molar-refractivity contribution is 0.0177. The number of aryl methyl sites for hydroxylation is 1. The second-order valence-corrected chi connectivity index (χ2v) is 7.91. The largest absolute Gasteiger partial charge is 0.379 e. The number of likely N-dealkylation sites (tertiary alicyclic amines) is 1. The van der Waals surface area contributed by atoms with Crippen LogP contribution in [0.5, 0.6) is 0 Å². The third-order valence-corrected chi connectivity index (χ3v) is 5.84. The number of piperidine rings is 1. The van der Waals surface area contributed by atoms with Crippen LogP contribution in [0.15, 0.2) is 29.3 Å². The quantitative estimate of drug-likeness (QED) is 0.561. The fourth-order valence-electron chi connectivity index (χ4n) is 4.18. The molecule has 6 heteroatoms. The summed E-state index contributed by atoms with van der Waals surface area (Å²) < 4.78 is 11.4. The van der Waals surface area contributed by atoms with Crippen LogP contribution in [0.1, 0.15) is 43.9 Å². The van der Waals surface area contributed by atoms with Gasteiger partial charge in [0, 0.05) is 39.3 Å². The highest BCUT2D eigenvalue weighted by atomic mass is 16.5. The van der Waals surface area contributed by atoms with Crippen LogP contribution in [-0.4, -0.2) is 81.0 Å². The number of aliphatic imine (C=N–C) groups is 1. The van der Waals surface area contributed by atoms with Crippen molar-refractivity contribution in [1.82, 2.24) is 15.1 Å². The van der Waals surface area contributed by atoms with Gasteiger partial charge in [0.2, 0.25) is 0 Å². The molecule has 29 heavy (non-hydrogen) atoms. The first kappa shape index (κ1) is 22.1. The molecule has 1 aromatic carbocycles. The van der Waals surface area contributed by atoms with E-state index < -0.39 is 0 Å². The zero-order valence-corrected chi connectivity index (χ0v) is 18.4. The molecule has 2 heterocycles. The van der Waals surface area contributed by atoms with Gasteiger partial charge in [0.1, 0.15) is 0 Å². The molecule has 0 saturated carbocycles. The number of ether oxygens (including phenoxy) is 2.